The lowest BCUT2D eigenvalue weighted by Crippen LogP contribution is -2.35. The van der Waals surface area contributed by atoms with E-state index in [-0.39, 0.29) is 42.9 Å². The molecule has 1 heterocycles. The van der Waals surface area contributed by atoms with E-state index in [1.165, 1.54) is 17.0 Å². The van der Waals surface area contributed by atoms with Gasteiger partial charge < -0.3 is 15.0 Å². The fraction of sp³-hybridized carbons (Fsp3) is 0.364. The second kappa shape index (κ2) is 8.77. The maximum absolute atomic E-state index is 13.4. The molecule has 1 unspecified atom stereocenters. The van der Waals surface area contributed by atoms with E-state index in [1.807, 2.05) is 6.07 Å². The van der Waals surface area contributed by atoms with Crippen LogP contribution in [-0.4, -0.2) is 43.5 Å². The summed E-state index contributed by atoms with van der Waals surface area (Å²) in [6.45, 7) is 0.212. The molecule has 3 rings (SSSR count). The van der Waals surface area contributed by atoms with Crippen LogP contribution >= 0.6 is 0 Å². The molecule has 5 nitrogen and oxygen atoms in total. The molecular formula is C22H23F3N2O3. The summed E-state index contributed by atoms with van der Waals surface area (Å²) in [6, 6.07) is 10.5. The molecule has 0 saturated heterocycles. The highest BCUT2D eigenvalue weighted by Gasteiger charge is 2.35. The van der Waals surface area contributed by atoms with Crippen molar-refractivity contribution in [1.82, 2.24) is 10.2 Å². The number of nitrogens with one attached hydrogen (secondary N) is 1. The summed E-state index contributed by atoms with van der Waals surface area (Å²) in [5, 5.41) is 2.73. The van der Waals surface area contributed by atoms with Gasteiger partial charge in [-0.15, -0.1) is 0 Å². The lowest BCUT2D eigenvalue weighted by molar-refractivity contribution is -0.137. The number of rotatable bonds is 6. The predicted molar refractivity (Wildman–Crippen MR) is 106 cm³/mol. The fourth-order valence-corrected chi connectivity index (χ4v) is 3.39. The predicted octanol–water partition coefficient (Wildman–Crippen LogP) is 3.66. The van der Waals surface area contributed by atoms with E-state index in [1.54, 1.807) is 32.3 Å². The van der Waals surface area contributed by atoms with E-state index < -0.39 is 11.7 Å². The summed E-state index contributed by atoms with van der Waals surface area (Å²) in [4.78, 5) is 25.0. The van der Waals surface area contributed by atoms with Gasteiger partial charge in [0.25, 0.3) is 0 Å². The SMILES string of the molecule is CN(C)C(=O)CCC(=O)NCC1Cc2cccc(-c3ccccc3C(F)(F)F)c2O1. The van der Waals surface area contributed by atoms with Crippen molar-refractivity contribution >= 4 is 11.8 Å². The highest BCUT2D eigenvalue weighted by atomic mass is 19.4. The molecule has 2 aromatic carbocycles. The lowest BCUT2D eigenvalue weighted by atomic mass is 9.96. The minimum absolute atomic E-state index is 0.0636. The van der Waals surface area contributed by atoms with Gasteiger partial charge in [-0.25, -0.2) is 0 Å². The first kappa shape index (κ1) is 21.7. The molecule has 8 heteroatoms. The van der Waals surface area contributed by atoms with Crippen LogP contribution in [0.15, 0.2) is 42.5 Å². The topological polar surface area (TPSA) is 58.6 Å². The number of amides is 2. The quantitative estimate of drug-likeness (QED) is 0.776. The molecule has 0 saturated carbocycles. The number of carbonyl (C=O) groups is 2. The Morgan fingerprint density at radius 3 is 2.47 bits per heavy atom. The Morgan fingerprint density at radius 1 is 1.07 bits per heavy atom. The van der Waals surface area contributed by atoms with E-state index in [0.717, 1.165) is 11.6 Å². The summed E-state index contributed by atoms with van der Waals surface area (Å²) in [6.07, 6.45) is -4.19. The van der Waals surface area contributed by atoms with Crippen molar-refractivity contribution in [2.24, 2.45) is 0 Å². The number of ether oxygens (including phenoxy) is 1. The van der Waals surface area contributed by atoms with Crippen molar-refractivity contribution in [1.29, 1.82) is 0 Å². The molecule has 0 aliphatic carbocycles. The molecule has 0 radical (unpaired) electrons. The largest absolute Gasteiger partial charge is 0.487 e. The van der Waals surface area contributed by atoms with E-state index in [2.05, 4.69) is 5.32 Å². The van der Waals surface area contributed by atoms with Gasteiger partial charge in [0.2, 0.25) is 11.8 Å². The fourth-order valence-electron chi connectivity index (χ4n) is 3.39. The van der Waals surface area contributed by atoms with Crippen molar-refractivity contribution in [3.05, 3.63) is 53.6 Å². The van der Waals surface area contributed by atoms with Crippen LogP contribution in [0.2, 0.25) is 0 Å². The van der Waals surface area contributed by atoms with Crippen LogP contribution in [0.5, 0.6) is 5.75 Å². The number of carbonyl (C=O) groups excluding carboxylic acids is 2. The van der Waals surface area contributed by atoms with Crippen molar-refractivity contribution in [2.45, 2.75) is 31.5 Å². The molecule has 0 spiro atoms. The Balaban J connectivity index is 1.69. The van der Waals surface area contributed by atoms with Crippen molar-refractivity contribution in [3.8, 4) is 16.9 Å². The van der Waals surface area contributed by atoms with Crippen LogP contribution in [0.3, 0.4) is 0 Å². The molecule has 0 aromatic heterocycles. The molecule has 0 fully saturated rings. The number of alkyl halides is 3. The Hall–Kier alpha value is -3.03. The van der Waals surface area contributed by atoms with Crippen LogP contribution in [0, 0.1) is 0 Å². The summed E-state index contributed by atoms with van der Waals surface area (Å²) in [5.41, 5.74) is 0.524. The van der Waals surface area contributed by atoms with Crippen molar-refractivity contribution in [2.75, 3.05) is 20.6 Å². The minimum atomic E-state index is -4.48. The Kier molecular flexibility index (Phi) is 6.34. The monoisotopic (exact) mass is 420 g/mol. The van der Waals surface area contributed by atoms with Crippen LogP contribution < -0.4 is 10.1 Å². The van der Waals surface area contributed by atoms with Gasteiger partial charge in [-0.2, -0.15) is 13.2 Å². The number of hydrogen-bond donors (Lipinski definition) is 1. The maximum atomic E-state index is 13.4. The average molecular weight is 420 g/mol. The number of fused-ring (bicyclic) bond motifs is 1. The zero-order valence-electron chi connectivity index (χ0n) is 16.8. The number of nitrogens with zero attached hydrogens (tertiary/aromatic N) is 1. The molecule has 2 amide bonds. The summed E-state index contributed by atoms with van der Waals surface area (Å²) in [7, 11) is 3.25. The van der Waals surface area contributed by atoms with Crippen LogP contribution in [0.1, 0.15) is 24.0 Å². The second-order valence-corrected chi connectivity index (χ2v) is 7.37. The number of hydrogen-bond acceptors (Lipinski definition) is 3. The zero-order chi connectivity index (χ0) is 21.9. The van der Waals surface area contributed by atoms with Crippen LogP contribution in [-0.2, 0) is 22.2 Å². The van der Waals surface area contributed by atoms with E-state index in [9.17, 15) is 22.8 Å². The highest BCUT2D eigenvalue weighted by molar-refractivity contribution is 5.83. The van der Waals surface area contributed by atoms with Crippen molar-refractivity contribution < 1.29 is 27.5 Å². The Bertz CT molecular complexity index is 941. The number of benzene rings is 2. The first-order valence-electron chi connectivity index (χ1n) is 9.59. The third kappa shape index (κ3) is 4.93. The zero-order valence-corrected chi connectivity index (χ0v) is 16.8. The third-order valence-electron chi connectivity index (χ3n) is 4.94. The molecule has 1 aliphatic rings. The van der Waals surface area contributed by atoms with Gasteiger partial charge in [0.05, 0.1) is 12.1 Å². The van der Waals surface area contributed by atoms with E-state index >= 15 is 0 Å². The van der Waals surface area contributed by atoms with Gasteiger partial charge in [-0.3, -0.25) is 9.59 Å². The van der Waals surface area contributed by atoms with Gasteiger partial charge in [-0.05, 0) is 17.2 Å². The summed E-state index contributed by atoms with van der Waals surface area (Å²) in [5.74, 6) is 0.00581. The Labute approximate surface area is 172 Å². The van der Waals surface area contributed by atoms with Gasteiger partial charge >= 0.3 is 6.18 Å². The van der Waals surface area contributed by atoms with Crippen molar-refractivity contribution in [3.63, 3.8) is 0 Å². The molecule has 0 bridgehead atoms. The minimum Gasteiger partial charge on any atom is -0.487 e. The van der Waals surface area contributed by atoms with Crippen LogP contribution in [0.25, 0.3) is 11.1 Å². The molecule has 1 atom stereocenters. The average Bonchev–Trinajstić information content (AvgIpc) is 3.12. The molecule has 1 aliphatic heterocycles. The molecule has 160 valence electrons. The third-order valence-corrected chi connectivity index (χ3v) is 4.94. The lowest BCUT2D eigenvalue weighted by Gasteiger charge is -2.16. The van der Waals surface area contributed by atoms with Gasteiger partial charge in [-0.1, -0.05) is 36.4 Å². The standard InChI is InChI=1S/C22H23F3N2O3/c1-27(2)20(29)11-10-19(28)26-13-15-12-14-6-5-8-17(21(14)30-15)16-7-3-4-9-18(16)22(23,24)25/h3-9,15H,10-13H2,1-2H3,(H,26,28). The highest BCUT2D eigenvalue weighted by Crippen LogP contribution is 2.43. The molecule has 30 heavy (non-hydrogen) atoms. The Morgan fingerprint density at radius 2 is 1.77 bits per heavy atom. The first-order valence-corrected chi connectivity index (χ1v) is 9.59. The maximum Gasteiger partial charge on any atom is 0.417 e. The van der Waals surface area contributed by atoms with Crippen LogP contribution in [0.4, 0.5) is 13.2 Å². The number of para-hydroxylation sites is 1. The molecule has 1 N–H and O–H groups in total. The van der Waals surface area contributed by atoms with Gasteiger partial charge in [0.15, 0.2) is 0 Å². The van der Waals surface area contributed by atoms with Gasteiger partial charge in [0, 0.05) is 38.9 Å². The molecule has 2 aromatic rings. The first-order chi connectivity index (χ1) is 14.2. The summed E-state index contributed by atoms with van der Waals surface area (Å²) >= 11 is 0. The van der Waals surface area contributed by atoms with Gasteiger partial charge in [0.1, 0.15) is 11.9 Å². The summed E-state index contributed by atoms with van der Waals surface area (Å²) < 4.78 is 46.2. The number of halogens is 3. The second-order valence-electron chi connectivity index (χ2n) is 7.37. The van der Waals surface area contributed by atoms with E-state index in [4.69, 9.17) is 4.74 Å². The molecular weight excluding hydrogens is 397 g/mol. The van der Waals surface area contributed by atoms with E-state index in [0.29, 0.717) is 17.7 Å². The smallest absolute Gasteiger partial charge is 0.417 e. The normalized spacial score (nSPS) is 15.3.